The summed E-state index contributed by atoms with van der Waals surface area (Å²) in [6.07, 6.45) is -0.647. The Morgan fingerprint density at radius 1 is 1.53 bits per heavy atom. The van der Waals surface area contributed by atoms with Gasteiger partial charge in [-0.3, -0.25) is 14.4 Å². The number of thioether (sulfide) groups is 1. The van der Waals surface area contributed by atoms with Gasteiger partial charge in [0.15, 0.2) is 5.44 Å². The van der Waals surface area contributed by atoms with Crippen molar-refractivity contribution in [3.63, 3.8) is 0 Å². The summed E-state index contributed by atoms with van der Waals surface area (Å²) >= 11 is 1.27. The summed E-state index contributed by atoms with van der Waals surface area (Å²) in [4.78, 5) is 26.9. The smallest absolute Gasteiger partial charge is 0.304 e. The van der Waals surface area contributed by atoms with Crippen LogP contribution in [0.25, 0.3) is 0 Å². The minimum absolute atomic E-state index is 0.308. The van der Waals surface area contributed by atoms with Gasteiger partial charge in [-0.05, 0) is 0 Å². The normalized spacial score (nSPS) is 25.0. The molecule has 86 valence electrons. The lowest BCUT2D eigenvalue weighted by Crippen LogP contribution is -2.34. The molecule has 0 aromatic heterocycles. The Labute approximate surface area is 91.8 Å². The van der Waals surface area contributed by atoms with Crippen LogP contribution in [-0.4, -0.2) is 48.6 Å². The summed E-state index contributed by atoms with van der Waals surface area (Å²) in [5, 5.41) is 1.08. The van der Waals surface area contributed by atoms with E-state index in [2.05, 4.69) is 0 Å². The first kappa shape index (κ1) is 12.3. The fourth-order valence-electron chi connectivity index (χ4n) is 0.997. The van der Waals surface area contributed by atoms with Crippen molar-refractivity contribution in [2.75, 3.05) is 19.9 Å². The maximum absolute atomic E-state index is 11.5. The second-order valence-electron chi connectivity index (χ2n) is 2.86. The molecule has 15 heavy (non-hydrogen) atoms. The van der Waals surface area contributed by atoms with Crippen LogP contribution in [0, 0.1) is 0 Å². The molecular formula is C8H13NO5S. The zero-order chi connectivity index (χ0) is 11.4. The van der Waals surface area contributed by atoms with E-state index >= 15 is 0 Å². The first-order chi connectivity index (χ1) is 7.04. The average Bonchev–Trinajstić information content (AvgIpc) is 2.63. The van der Waals surface area contributed by atoms with Crippen LogP contribution in [-0.2, 0) is 23.9 Å². The summed E-state index contributed by atoms with van der Waals surface area (Å²) in [5.74, 6) is -0.279. The van der Waals surface area contributed by atoms with Gasteiger partial charge in [-0.25, -0.2) is 5.06 Å². The minimum Gasteiger partial charge on any atom is -0.435 e. The Kier molecular flexibility index (Phi) is 4.37. The van der Waals surface area contributed by atoms with E-state index in [-0.39, 0.29) is 5.91 Å². The molecule has 7 heteroatoms. The lowest BCUT2D eigenvalue weighted by atomic mass is 10.6. The van der Waals surface area contributed by atoms with Gasteiger partial charge in [-0.2, -0.15) is 0 Å². The molecule has 1 fully saturated rings. The maximum Gasteiger partial charge on any atom is 0.304 e. The van der Waals surface area contributed by atoms with E-state index in [1.807, 2.05) is 0 Å². The van der Waals surface area contributed by atoms with Crippen molar-refractivity contribution in [2.24, 2.45) is 0 Å². The number of amides is 1. The van der Waals surface area contributed by atoms with Crippen LogP contribution in [0.2, 0.25) is 0 Å². The van der Waals surface area contributed by atoms with Gasteiger partial charge in [0.05, 0.1) is 12.9 Å². The molecule has 0 N–H and O–H groups in total. The zero-order valence-electron chi connectivity index (χ0n) is 8.76. The minimum atomic E-state index is -0.667. The van der Waals surface area contributed by atoms with Gasteiger partial charge < -0.3 is 9.47 Å². The van der Waals surface area contributed by atoms with Gasteiger partial charge in [-0.15, -0.1) is 11.8 Å². The highest BCUT2D eigenvalue weighted by atomic mass is 32.2. The van der Waals surface area contributed by atoms with Crippen molar-refractivity contribution < 1.29 is 23.9 Å². The molecule has 0 radical (unpaired) electrons. The van der Waals surface area contributed by atoms with Crippen LogP contribution in [0.4, 0.5) is 0 Å². The molecular weight excluding hydrogens is 222 g/mol. The topological polar surface area (TPSA) is 65.1 Å². The number of esters is 1. The molecule has 1 aliphatic rings. The Balaban J connectivity index is 2.42. The molecule has 1 rings (SSSR count). The summed E-state index contributed by atoms with van der Waals surface area (Å²) in [6.45, 7) is 1.30. The fourth-order valence-corrected chi connectivity index (χ4v) is 1.97. The van der Waals surface area contributed by atoms with E-state index in [4.69, 9.17) is 14.3 Å². The number of ether oxygens (including phenoxy) is 2. The average molecular weight is 235 g/mol. The van der Waals surface area contributed by atoms with Crippen molar-refractivity contribution in [2.45, 2.75) is 18.6 Å². The number of carbonyl (C=O) groups excluding carboxylic acids is 2. The van der Waals surface area contributed by atoms with E-state index in [1.165, 1.54) is 32.8 Å². The SMILES string of the molecule is CON(C)C(=O)[C@@H]1O[C@@H](OC(C)=O)CS1. The molecule has 6 nitrogen and oxygen atoms in total. The largest absolute Gasteiger partial charge is 0.435 e. The number of likely N-dealkylation sites (N-methyl/N-ethyl adjacent to an activating group) is 1. The van der Waals surface area contributed by atoms with Crippen LogP contribution >= 0.6 is 11.8 Å². The van der Waals surface area contributed by atoms with Gasteiger partial charge in [0, 0.05) is 14.0 Å². The maximum atomic E-state index is 11.5. The predicted molar refractivity (Wildman–Crippen MR) is 52.7 cm³/mol. The Morgan fingerprint density at radius 3 is 2.73 bits per heavy atom. The third-order valence-corrected chi connectivity index (χ3v) is 2.82. The van der Waals surface area contributed by atoms with E-state index < -0.39 is 17.7 Å². The Bertz CT molecular complexity index is 259. The highest BCUT2D eigenvalue weighted by Gasteiger charge is 2.35. The van der Waals surface area contributed by atoms with Gasteiger partial charge in [-0.1, -0.05) is 0 Å². The molecule has 1 heterocycles. The molecule has 0 spiro atoms. The zero-order valence-corrected chi connectivity index (χ0v) is 9.58. The third-order valence-electron chi connectivity index (χ3n) is 1.74. The Morgan fingerprint density at radius 2 is 2.20 bits per heavy atom. The van der Waals surface area contributed by atoms with Crippen LogP contribution in [0.15, 0.2) is 0 Å². The lowest BCUT2D eigenvalue weighted by molar-refractivity contribution is -0.190. The molecule has 0 aromatic carbocycles. The summed E-state index contributed by atoms with van der Waals surface area (Å²) in [7, 11) is 2.88. The first-order valence-corrected chi connectivity index (χ1v) is 5.35. The van der Waals surface area contributed by atoms with Crippen molar-refractivity contribution in [1.29, 1.82) is 0 Å². The number of hydrogen-bond acceptors (Lipinski definition) is 6. The molecule has 2 atom stereocenters. The number of nitrogens with zero attached hydrogens (tertiary/aromatic N) is 1. The van der Waals surface area contributed by atoms with Crippen molar-refractivity contribution in [1.82, 2.24) is 5.06 Å². The van der Waals surface area contributed by atoms with E-state index in [9.17, 15) is 9.59 Å². The van der Waals surface area contributed by atoms with Crippen molar-refractivity contribution in [3.8, 4) is 0 Å². The monoisotopic (exact) mass is 235 g/mol. The van der Waals surface area contributed by atoms with Crippen LogP contribution in [0.1, 0.15) is 6.92 Å². The van der Waals surface area contributed by atoms with Gasteiger partial charge >= 0.3 is 5.97 Å². The van der Waals surface area contributed by atoms with E-state index in [1.54, 1.807) is 0 Å². The molecule has 0 aromatic rings. The number of hydrogen-bond donors (Lipinski definition) is 0. The summed E-state index contributed by atoms with van der Waals surface area (Å²) in [6, 6.07) is 0. The summed E-state index contributed by atoms with van der Waals surface area (Å²) < 4.78 is 10.0. The number of carbonyl (C=O) groups is 2. The number of rotatable bonds is 3. The summed E-state index contributed by atoms with van der Waals surface area (Å²) in [5.41, 5.74) is -0.667. The molecule has 1 amide bonds. The van der Waals surface area contributed by atoms with Crippen LogP contribution in [0.3, 0.4) is 0 Å². The van der Waals surface area contributed by atoms with Gasteiger partial charge in [0.25, 0.3) is 5.91 Å². The van der Waals surface area contributed by atoms with Crippen molar-refractivity contribution in [3.05, 3.63) is 0 Å². The highest BCUT2D eigenvalue weighted by molar-refractivity contribution is 8.00. The highest BCUT2D eigenvalue weighted by Crippen LogP contribution is 2.27. The predicted octanol–water partition coefficient (Wildman–Crippen LogP) is -0.0151. The number of hydroxylamine groups is 2. The molecule has 1 aliphatic heterocycles. The van der Waals surface area contributed by atoms with Crippen molar-refractivity contribution >= 4 is 23.6 Å². The van der Waals surface area contributed by atoms with Gasteiger partial charge in [0.1, 0.15) is 0 Å². The standard InChI is InChI=1S/C8H13NO5S/c1-5(10)13-6-4-15-8(14-6)7(11)9(2)12-3/h6,8H,4H2,1-3H3/t6-,8-/m1/s1. The molecule has 0 unspecified atom stereocenters. The third kappa shape index (κ3) is 3.37. The van der Waals surface area contributed by atoms with E-state index in [0.717, 1.165) is 5.06 Å². The molecule has 1 saturated heterocycles. The second kappa shape index (κ2) is 5.34. The van der Waals surface area contributed by atoms with Crippen LogP contribution in [0.5, 0.6) is 0 Å². The van der Waals surface area contributed by atoms with Crippen LogP contribution < -0.4 is 0 Å². The van der Waals surface area contributed by atoms with E-state index in [0.29, 0.717) is 5.75 Å². The quantitative estimate of drug-likeness (QED) is 0.506. The fraction of sp³-hybridized carbons (Fsp3) is 0.750. The first-order valence-electron chi connectivity index (χ1n) is 4.30. The molecule has 0 bridgehead atoms. The van der Waals surface area contributed by atoms with Gasteiger partial charge in [0.2, 0.25) is 6.29 Å². The Hall–Kier alpha value is -0.790. The second-order valence-corrected chi connectivity index (χ2v) is 3.95. The molecule has 0 aliphatic carbocycles. The molecule has 0 saturated carbocycles. The lowest BCUT2D eigenvalue weighted by Gasteiger charge is -2.17.